The van der Waals surface area contributed by atoms with E-state index in [2.05, 4.69) is 10.6 Å². The molecule has 2 aromatic carbocycles. The molecule has 4 nitrogen and oxygen atoms in total. The van der Waals surface area contributed by atoms with E-state index < -0.39 is 0 Å². The number of amides is 2. The molecule has 1 aliphatic carbocycles. The van der Waals surface area contributed by atoms with Crippen molar-refractivity contribution in [3.8, 4) is 0 Å². The highest BCUT2D eigenvalue weighted by atomic mass is 16.2. The summed E-state index contributed by atoms with van der Waals surface area (Å²) in [4.78, 5) is 24.5. The van der Waals surface area contributed by atoms with Crippen molar-refractivity contribution >= 4 is 17.5 Å². The highest BCUT2D eigenvalue weighted by Crippen LogP contribution is 2.18. The molecule has 0 spiro atoms. The van der Waals surface area contributed by atoms with Crippen LogP contribution in [0, 0.1) is 6.92 Å². The van der Waals surface area contributed by atoms with Gasteiger partial charge in [0.2, 0.25) is 0 Å². The van der Waals surface area contributed by atoms with Gasteiger partial charge in [0, 0.05) is 22.9 Å². The number of carbonyl (C=O) groups is 2. The lowest BCUT2D eigenvalue weighted by Crippen LogP contribution is -2.32. The highest BCUT2D eigenvalue weighted by Gasteiger charge is 2.18. The molecule has 2 N–H and O–H groups in total. The summed E-state index contributed by atoms with van der Waals surface area (Å²) >= 11 is 0. The van der Waals surface area contributed by atoms with Gasteiger partial charge in [0.25, 0.3) is 11.8 Å². The van der Waals surface area contributed by atoms with Gasteiger partial charge in [0.1, 0.15) is 0 Å². The van der Waals surface area contributed by atoms with Crippen molar-refractivity contribution in [2.75, 3.05) is 5.32 Å². The molecule has 0 unspecified atom stereocenters. The number of benzene rings is 2. The molecule has 1 fully saturated rings. The highest BCUT2D eigenvalue weighted by molar-refractivity contribution is 6.05. The molecule has 0 aliphatic heterocycles. The van der Waals surface area contributed by atoms with E-state index >= 15 is 0 Å². The minimum atomic E-state index is -0.177. The Kier molecular flexibility index (Phi) is 4.94. The van der Waals surface area contributed by atoms with Gasteiger partial charge in [0.15, 0.2) is 0 Å². The predicted molar refractivity (Wildman–Crippen MR) is 95.3 cm³/mol. The van der Waals surface area contributed by atoms with Crippen LogP contribution in [0.15, 0.2) is 48.5 Å². The summed E-state index contributed by atoms with van der Waals surface area (Å²) in [6, 6.07) is 14.7. The normalized spacial score (nSPS) is 14.4. The Bertz CT molecular complexity index is 732. The van der Waals surface area contributed by atoms with E-state index in [4.69, 9.17) is 0 Å². The molecule has 0 bridgehead atoms. The molecule has 0 saturated heterocycles. The summed E-state index contributed by atoms with van der Waals surface area (Å²) in [7, 11) is 0. The minimum absolute atomic E-state index is 0.0625. The van der Waals surface area contributed by atoms with Crippen LogP contribution >= 0.6 is 0 Å². The van der Waals surface area contributed by atoms with Gasteiger partial charge in [-0.1, -0.05) is 25.0 Å². The first-order valence-corrected chi connectivity index (χ1v) is 8.41. The molecule has 124 valence electrons. The Balaban J connectivity index is 1.62. The summed E-state index contributed by atoms with van der Waals surface area (Å²) < 4.78 is 0. The summed E-state index contributed by atoms with van der Waals surface area (Å²) in [6.45, 7) is 1.98. The molecule has 4 heteroatoms. The molecule has 24 heavy (non-hydrogen) atoms. The average molecular weight is 322 g/mol. The van der Waals surface area contributed by atoms with Crippen LogP contribution in [-0.2, 0) is 0 Å². The Labute approximate surface area is 142 Å². The van der Waals surface area contributed by atoms with Crippen LogP contribution in [0.1, 0.15) is 52.0 Å². The number of anilines is 1. The zero-order chi connectivity index (χ0) is 16.9. The predicted octanol–water partition coefficient (Wildman–Crippen LogP) is 3.92. The molecule has 1 saturated carbocycles. The summed E-state index contributed by atoms with van der Waals surface area (Å²) in [5, 5.41) is 5.92. The molecule has 0 atom stereocenters. The second kappa shape index (κ2) is 7.30. The van der Waals surface area contributed by atoms with E-state index in [1.165, 1.54) is 12.8 Å². The standard InChI is InChI=1S/C20H22N2O2/c1-14-5-4-8-18(13-14)22-20(24)16-11-9-15(10-12-16)19(23)21-17-6-2-3-7-17/h4-5,8-13,17H,2-3,6-7H2,1H3,(H,21,23)(H,22,24). The van der Waals surface area contributed by atoms with Crippen molar-refractivity contribution in [2.45, 2.75) is 38.6 Å². The van der Waals surface area contributed by atoms with Crippen molar-refractivity contribution in [3.05, 3.63) is 65.2 Å². The number of rotatable bonds is 4. The first-order chi connectivity index (χ1) is 11.6. The van der Waals surface area contributed by atoms with Crippen LogP contribution in [0.25, 0.3) is 0 Å². The van der Waals surface area contributed by atoms with Crippen LogP contribution < -0.4 is 10.6 Å². The summed E-state index contributed by atoms with van der Waals surface area (Å²) in [6.07, 6.45) is 4.48. The molecule has 3 rings (SSSR count). The van der Waals surface area contributed by atoms with E-state index in [1.807, 2.05) is 31.2 Å². The smallest absolute Gasteiger partial charge is 0.255 e. The molecule has 2 amide bonds. The lowest BCUT2D eigenvalue weighted by atomic mass is 10.1. The molecule has 0 aromatic heterocycles. The SMILES string of the molecule is Cc1cccc(NC(=O)c2ccc(C(=O)NC3CCCC3)cc2)c1. The number of hydrogen-bond donors (Lipinski definition) is 2. The quantitative estimate of drug-likeness (QED) is 0.896. The van der Waals surface area contributed by atoms with Crippen molar-refractivity contribution in [1.82, 2.24) is 5.32 Å². The van der Waals surface area contributed by atoms with Crippen molar-refractivity contribution in [1.29, 1.82) is 0 Å². The Morgan fingerprint density at radius 1 is 0.917 bits per heavy atom. The zero-order valence-corrected chi connectivity index (χ0v) is 13.8. The maximum atomic E-state index is 12.3. The topological polar surface area (TPSA) is 58.2 Å². The van der Waals surface area contributed by atoms with Gasteiger partial charge >= 0.3 is 0 Å². The Morgan fingerprint density at radius 3 is 2.17 bits per heavy atom. The van der Waals surface area contributed by atoms with Gasteiger partial charge in [-0.25, -0.2) is 0 Å². The zero-order valence-electron chi connectivity index (χ0n) is 13.8. The molecule has 1 aliphatic rings. The second-order valence-corrected chi connectivity index (χ2v) is 6.36. The van der Waals surface area contributed by atoms with Crippen LogP contribution in [-0.4, -0.2) is 17.9 Å². The number of carbonyl (C=O) groups excluding carboxylic acids is 2. The monoisotopic (exact) mass is 322 g/mol. The Hall–Kier alpha value is -2.62. The summed E-state index contributed by atoms with van der Waals surface area (Å²) in [5.74, 6) is -0.240. The second-order valence-electron chi connectivity index (χ2n) is 6.36. The third-order valence-corrected chi connectivity index (χ3v) is 4.38. The average Bonchev–Trinajstić information content (AvgIpc) is 3.08. The molecule has 0 heterocycles. The van der Waals surface area contributed by atoms with Gasteiger partial charge in [-0.05, 0) is 61.7 Å². The van der Waals surface area contributed by atoms with E-state index in [0.717, 1.165) is 24.1 Å². The molecule has 0 radical (unpaired) electrons. The lowest BCUT2D eigenvalue weighted by molar-refractivity contribution is 0.0936. The van der Waals surface area contributed by atoms with Crippen LogP contribution in [0.4, 0.5) is 5.69 Å². The van der Waals surface area contributed by atoms with Gasteiger partial charge in [0.05, 0.1) is 0 Å². The molecule has 2 aromatic rings. The van der Waals surface area contributed by atoms with Crippen LogP contribution in [0.3, 0.4) is 0 Å². The van der Waals surface area contributed by atoms with Gasteiger partial charge in [-0.15, -0.1) is 0 Å². The minimum Gasteiger partial charge on any atom is -0.349 e. The maximum absolute atomic E-state index is 12.3. The third kappa shape index (κ3) is 4.02. The fraction of sp³-hybridized carbons (Fsp3) is 0.300. The van der Waals surface area contributed by atoms with Gasteiger partial charge in [-0.2, -0.15) is 0 Å². The number of nitrogens with one attached hydrogen (secondary N) is 2. The van der Waals surface area contributed by atoms with Crippen LogP contribution in [0.5, 0.6) is 0 Å². The van der Waals surface area contributed by atoms with Crippen LogP contribution in [0.2, 0.25) is 0 Å². The fourth-order valence-electron chi connectivity index (χ4n) is 3.04. The van der Waals surface area contributed by atoms with E-state index in [1.54, 1.807) is 24.3 Å². The maximum Gasteiger partial charge on any atom is 0.255 e. The molecular formula is C20H22N2O2. The fourth-order valence-corrected chi connectivity index (χ4v) is 3.04. The first kappa shape index (κ1) is 16.2. The van der Waals surface area contributed by atoms with Gasteiger partial charge in [-0.3, -0.25) is 9.59 Å². The lowest BCUT2D eigenvalue weighted by Gasteiger charge is -2.12. The third-order valence-electron chi connectivity index (χ3n) is 4.38. The van der Waals surface area contributed by atoms with Crippen molar-refractivity contribution < 1.29 is 9.59 Å². The van der Waals surface area contributed by atoms with E-state index in [9.17, 15) is 9.59 Å². The molecular weight excluding hydrogens is 300 g/mol. The summed E-state index contributed by atoms with van der Waals surface area (Å²) in [5.41, 5.74) is 2.98. The van der Waals surface area contributed by atoms with Crippen molar-refractivity contribution in [3.63, 3.8) is 0 Å². The Morgan fingerprint density at radius 2 is 1.54 bits per heavy atom. The van der Waals surface area contributed by atoms with E-state index in [-0.39, 0.29) is 11.8 Å². The largest absolute Gasteiger partial charge is 0.349 e. The van der Waals surface area contributed by atoms with Gasteiger partial charge < -0.3 is 10.6 Å². The number of aryl methyl sites for hydroxylation is 1. The number of hydrogen-bond acceptors (Lipinski definition) is 2. The first-order valence-electron chi connectivity index (χ1n) is 8.41. The van der Waals surface area contributed by atoms with Crippen molar-refractivity contribution in [2.24, 2.45) is 0 Å². The van der Waals surface area contributed by atoms with E-state index in [0.29, 0.717) is 17.2 Å².